The average molecular weight is 420 g/mol. The summed E-state index contributed by atoms with van der Waals surface area (Å²) in [5.41, 5.74) is 2.66. The second-order valence-corrected chi connectivity index (χ2v) is 10.5. The fourth-order valence-corrected chi connectivity index (χ4v) is 7.14. The Balaban J connectivity index is 1.36. The zero-order valence-electron chi connectivity index (χ0n) is 15.4. The first kappa shape index (κ1) is 18.0. The topological polar surface area (TPSA) is 55.4 Å². The van der Waals surface area contributed by atoms with Crippen LogP contribution in [0.3, 0.4) is 0 Å². The van der Waals surface area contributed by atoms with Crippen LogP contribution in [0.5, 0.6) is 0 Å². The molecule has 140 valence electrons. The van der Waals surface area contributed by atoms with Crippen molar-refractivity contribution in [1.29, 1.82) is 0 Å². The van der Waals surface area contributed by atoms with Gasteiger partial charge in [0.2, 0.25) is 0 Å². The van der Waals surface area contributed by atoms with Crippen molar-refractivity contribution in [1.82, 2.24) is 0 Å². The van der Waals surface area contributed by atoms with Crippen molar-refractivity contribution in [2.75, 3.05) is 11.9 Å². The lowest BCUT2D eigenvalue weighted by Crippen LogP contribution is -2.56. The molecule has 0 saturated heterocycles. The Kier molecular flexibility index (Phi) is 4.41. The second kappa shape index (κ2) is 6.36. The van der Waals surface area contributed by atoms with Crippen molar-refractivity contribution in [3.05, 3.63) is 29.3 Å². The molecule has 0 heterocycles. The average Bonchev–Trinajstić information content (AvgIpc) is 2.53. The first-order chi connectivity index (χ1) is 12.3. The maximum absolute atomic E-state index is 12.9. The number of alkyl halides is 1. The SMILES string of the molecule is Cc1ccc(NC(=O)COC(=O)C23C[C@@H]4C[C@@H](CC(Br)(C4)C2)C3)cc1C. The Bertz CT molecular complexity index is 746. The number of hydrogen-bond acceptors (Lipinski definition) is 3. The van der Waals surface area contributed by atoms with Gasteiger partial charge in [0.1, 0.15) is 0 Å². The van der Waals surface area contributed by atoms with E-state index in [2.05, 4.69) is 21.2 Å². The van der Waals surface area contributed by atoms with Crippen LogP contribution in [0.25, 0.3) is 0 Å². The van der Waals surface area contributed by atoms with Gasteiger partial charge in [0.25, 0.3) is 5.91 Å². The number of aryl methyl sites for hydroxylation is 2. The number of amides is 1. The number of carbonyl (C=O) groups is 2. The number of esters is 1. The molecule has 4 aliphatic rings. The lowest BCUT2D eigenvalue weighted by atomic mass is 9.49. The van der Waals surface area contributed by atoms with Crippen molar-refractivity contribution < 1.29 is 14.3 Å². The van der Waals surface area contributed by atoms with Crippen molar-refractivity contribution in [3.63, 3.8) is 0 Å². The summed E-state index contributed by atoms with van der Waals surface area (Å²) in [4.78, 5) is 25.1. The zero-order valence-corrected chi connectivity index (χ0v) is 17.0. The first-order valence-electron chi connectivity index (χ1n) is 9.50. The first-order valence-corrected chi connectivity index (χ1v) is 10.3. The van der Waals surface area contributed by atoms with Crippen molar-refractivity contribution in [2.24, 2.45) is 17.3 Å². The van der Waals surface area contributed by atoms with Gasteiger partial charge in [-0.15, -0.1) is 0 Å². The summed E-state index contributed by atoms with van der Waals surface area (Å²) in [5.74, 6) is 0.783. The molecule has 1 N–H and O–H groups in total. The monoisotopic (exact) mass is 419 g/mol. The van der Waals surface area contributed by atoms with E-state index in [-0.39, 0.29) is 28.2 Å². The summed E-state index contributed by atoms with van der Waals surface area (Å²) < 4.78 is 5.60. The summed E-state index contributed by atoms with van der Waals surface area (Å²) in [7, 11) is 0. The van der Waals surface area contributed by atoms with Crippen molar-refractivity contribution >= 4 is 33.5 Å². The molecule has 4 nitrogen and oxygen atoms in total. The molecule has 1 amide bonds. The fourth-order valence-electron chi connectivity index (χ4n) is 5.69. The Hall–Kier alpha value is -1.36. The number of benzene rings is 1. The minimum absolute atomic E-state index is 0.109. The molecule has 4 fully saturated rings. The van der Waals surface area contributed by atoms with E-state index in [1.165, 1.54) is 24.8 Å². The molecule has 5 heteroatoms. The Morgan fingerprint density at radius 1 is 1.15 bits per heavy atom. The number of ether oxygens (including phenoxy) is 1. The van der Waals surface area contributed by atoms with Gasteiger partial charge in [-0.2, -0.15) is 0 Å². The lowest BCUT2D eigenvalue weighted by Gasteiger charge is -2.58. The molecule has 4 atom stereocenters. The van der Waals surface area contributed by atoms with E-state index in [1.54, 1.807) is 0 Å². The molecular weight excluding hydrogens is 394 g/mol. The lowest BCUT2D eigenvalue weighted by molar-refractivity contribution is -0.170. The Morgan fingerprint density at radius 2 is 1.85 bits per heavy atom. The second-order valence-electron chi connectivity index (χ2n) is 8.82. The number of hydrogen-bond donors (Lipinski definition) is 1. The molecule has 4 saturated carbocycles. The van der Waals surface area contributed by atoms with E-state index in [9.17, 15) is 9.59 Å². The fraction of sp³-hybridized carbons (Fsp3) is 0.619. The van der Waals surface area contributed by atoms with Gasteiger partial charge in [0.05, 0.1) is 5.41 Å². The molecule has 0 radical (unpaired) electrons. The van der Waals surface area contributed by atoms with Gasteiger partial charge >= 0.3 is 5.97 Å². The van der Waals surface area contributed by atoms with Gasteiger partial charge in [-0.1, -0.05) is 22.0 Å². The predicted molar refractivity (Wildman–Crippen MR) is 104 cm³/mol. The molecule has 4 bridgehead atoms. The minimum Gasteiger partial charge on any atom is -0.455 e. The summed E-state index contributed by atoms with van der Waals surface area (Å²) in [6.07, 6.45) is 6.29. The number of carbonyl (C=O) groups excluding carboxylic acids is 2. The van der Waals surface area contributed by atoms with Gasteiger partial charge in [0, 0.05) is 10.0 Å². The molecular formula is C21H26BrNO3. The highest BCUT2D eigenvalue weighted by atomic mass is 79.9. The molecule has 0 aromatic heterocycles. The molecule has 26 heavy (non-hydrogen) atoms. The molecule has 0 aliphatic heterocycles. The van der Waals surface area contributed by atoms with Crippen LogP contribution in [0.15, 0.2) is 18.2 Å². The number of nitrogens with one attached hydrogen (secondary N) is 1. The van der Waals surface area contributed by atoms with Crippen LogP contribution in [0.2, 0.25) is 0 Å². The molecule has 0 spiro atoms. The van der Waals surface area contributed by atoms with Gasteiger partial charge < -0.3 is 10.1 Å². The Labute approximate surface area is 163 Å². The maximum atomic E-state index is 12.9. The van der Waals surface area contributed by atoms with Crippen LogP contribution in [0, 0.1) is 31.1 Å². The number of rotatable bonds is 4. The zero-order chi connectivity index (χ0) is 18.5. The van der Waals surface area contributed by atoms with Crippen LogP contribution < -0.4 is 5.32 Å². The van der Waals surface area contributed by atoms with Crippen molar-refractivity contribution in [2.45, 2.75) is 56.7 Å². The molecule has 1 aromatic carbocycles. The standard InChI is InChI=1S/C21H26BrNO3/c1-13-3-4-17(5-14(13)2)23-18(24)11-26-19(25)20-7-15-6-16(8-20)10-21(22,9-15)12-20/h3-5,15-16H,6-12H2,1-2H3,(H,23,24)/t15-,16+,20?,21?. The van der Waals surface area contributed by atoms with Crippen LogP contribution in [0.4, 0.5) is 5.69 Å². The molecule has 2 unspecified atom stereocenters. The minimum atomic E-state index is -0.381. The maximum Gasteiger partial charge on any atom is 0.312 e. The summed E-state index contributed by atoms with van der Waals surface area (Å²) in [6.45, 7) is 3.83. The van der Waals surface area contributed by atoms with Crippen molar-refractivity contribution in [3.8, 4) is 0 Å². The normalized spacial score (nSPS) is 34.6. The van der Waals surface area contributed by atoms with E-state index in [1.807, 2.05) is 32.0 Å². The Morgan fingerprint density at radius 3 is 2.46 bits per heavy atom. The van der Waals surface area contributed by atoms with E-state index >= 15 is 0 Å². The summed E-state index contributed by atoms with van der Waals surface area (Å²) >= 11 is 3.91. The van der Waals surface area contributed by atoms with E-state index < -0.39 is 0 Å². The van der Waals surface area contributed by atoms with E-state index in [0.717, 1.165) is 30.5 Å². The number of halogens is 1. The largest absolute Gasteiger partial charge is 0.455 e. The summed E-state index contributed by atoms with van der Waals surface area (Å²) in [6, 6.07) is 5.78. The van der Waals surface area contributed by atoms with E-state index in [4.69, 9.17) is 4.74 Å². The van der Waals surface area contributed by atoms with Crippen LogP contribution in [-0.4, -0.2) is 22.8 Å². The van der Waals surface area contributed by atoms with Gasteiger partial charge in [-0.05, 0) is 87.5 Å². The molecule has 5 rings (SSSR count). The van der Waals surface area contributed by atoms with Gasteiger partial charge in [-0.3, -0.25) is 9.59 Å². The van der Waals surface area contributed by atoms with Crippen LogP contribution >= 0.6 is 15.9 Å². The predicted octanol–water partition coefficient (Wildman–Crippen LogP) is 4.52. The van der Waals surface area contributed by atoms with E-state index in [0.29, 0.717) is 11.8 Å². The third-order valence-corrected chi connectivity index (χ3v) is 7.48. The molecule has 1 aromatic rings. The quantitative estimate of drug-likeness (QED) is 0.576. The van der Waals surface area contributed by atoms with Crippen LogP contribution in [0.1, 0.15) is 49.7 Å². The molecule has 4 aliphatic carbocycles. The third kappa shape index (κ3) is 3.30. The van der Waals surface area contributed by atoms with Crippen LogP contribution in [-0.2, 0) is 14.3 Å². The summed E-state index contributed by atoms with van der Waals surface area (Å²) in [5, 5.41) is 2.82. The number of anilines is 1. The smallest absolute Gasteiger partial charge is 0.312 e. The highest BCUT2D eigenvalue weighted by Crippen LogP contribution is 2.64. The van der Waals surface area contributed by atoms with Gasteiger partial charge in [-0.25, -0.2) is 0 Å². The highest BCUT2D eigenvalue weighted by Gasteiger charge is 2.60. The highest BCUT2D eigenvalue weighted by molar-refractivity contribution is 9.10. The van der Waals surface area contributed by atoms with Gasteiger partial charge in [0.15, 0.2) is 6.61 Å². The third-order valence-electron chi connectivity index (χ3n) is 6.55.